The zero-order valence-corrected chi connectivity index (χ0v) is 12.8. The molecule has 0 bridgehead atoms. The lowest BCUT2D eigenvalue weighted by molar-refractivity contribution is 0.135. The summed E-state index contributed by atoms with van der Waals surface area (Å²) in [4.78, 5) is 10.9. The number of H-pyrrole nitrogens is 1. The zero-order valence-electron chi connectivity index (χ0n) is 12.8. The van der Waals surface area contributed by atoms with Crippen molar-refractivity contribution in [3.05, 3.63) is 29.6 Å². The Kier molecular flexibility index (Phi) is 3.79. The molecule has 3 rings (SSSR count). The Morgan fingerprint density at radius 2 is 2.30 bits per heavy atom. The van der Waals surface area contributed by atoms with Gasteiger partial charge in [-0.1, -0.05) is 19.9 Å². The SMILES string of the molecule is CCc1ccc2nc(C(C)N3CCCC(C)C3)[nH]c2c1. The minimum absolute atomic E-state index is 0.384. The van der Waals surface area contributed by atoms with Gasteiger partial charge in [-0.25, -0.2) is 4.98 Å². The van der Waals surface area contributed by atoms with Crippen LogP contribution >= 0.6 is 0 Å². The van der Waals surface area contributed by atoms with Crippen LogP contribution in [-0.4, -0.2) is 28.0 Å². The molecule has 1 aliphatic heterocycles. The number of fused-ring (bicyclic) bond motifs is 1. The molecule has 0 radical (unpaired) electrons. The molecule has 108 valence electrons. The molecule has 0 saturated carbocycles. The first-order valence-electron chi connectivity index (χ1n) is 7.90. The molecule has 2 heterocycles. The van der Waals surface area contributed by atoms with E-state index in [-0.39, 0.29) is 0 Å². The standard InChI is InChI=1S/C17H25N3/c1-4-14-7-8-15-16(10-14)19-17(18-15)13(3)20-9-5-6-12(2)11-20/h7-8,10,12-13H,4-6,9,11H2,1-3H3,(H,18,19). The van der Waals surface area contributed by atoms with Gasteiger partial charge in [0.15, 0.2) is 0 Å². The van der Waals surface area contributed by atoms with Crippen LogP contribution < -0.4 is 0 Å². The number of hydrogen-bond donors (Lipinski definition) is 1. The molecule has 1 fully saturated rings. The van der Waals surface area contributed by atoms with Gasteiger partial charge in [-0.05, 0) is 56.3 Å². The highest BCUT2D eigenvalue weighted by Gasteiger charge is 2.23. The number of likely N-dealkylation sites (tertiary alicyclic amines) is 1. The second-order valence-corrected chi connectivity index (χ2v) is 6.25. The summed E-state index contributed by atoms with van der Waals surface area (Å²) < 4.78 is 0. The average Bonchev–Trinajstić information content (AvgIpc) is 2.89. The van der Waals surface area contributed by atoms with Crippen LogP contribution in [0, 0.1) is 5.92 Å². The molecule has 2 aromatic rings. The minimum atomic E-state index is 0.384. The number of hydrogen-bond acceptors (Lipinski definition) is 2. The predicted octanol–water partition coefficient (Wildman–Crippen LogP) is 3.92. The third-order valence-electron chi connectivity index (χ3n) is 4.60. The van der Waals surface area contributed by atoms with Crippen molar-refractivity contribution in [3.63, 3.8) is 0 Å². The molecule has 1 aliphatic rings. The van der Waals surface area contributed by atoms with Gasteiger partial charge in [-0.2, -0.15) is 0 Å². The Hall–Kier alpha value is -1.35. The highest BCUT2D eigenvalue weighted by atomic mass is 15.2. The maximum atomic E-state index is 4.79. The number of aromatic nitrogens is 2. The van der Waals surface area contributed by atoms with Gasteiger partial charge in [-0.3, -0.25) is 4.90 Å². The van der Waals surface area contributed by atoms with Crippen LogP contribution in [0.25, 0.3) is 11.0 Å². The van der Waals surface area contributed by atoms with E-state index in [1.807, 2.05) is 0 Å². The molecule has 3 nitrogen and oxygen atoms in total. The lowest BCUT2D eigenvalue weighted by Crippen LogP contribution is -2.36. The predicted molar refractivity (Wildman–Crippen MR) is 83.9 cm³/mol. The van der Waals surface area contributed by atoms with Crippen LogP contribution in [-0.2, 0) is 6.42 Å². The van der Waals surface area contributed by atoms with E-state index in [1.165, 1.54) is 37.0 Å². The Morgan fingerprint density at radius 1 is 1.45 bits per heavy atom. The van der Waals surface area contributed by atoms with E-state index in [1.54, 1.807) is 0 Å². The number of nitrogens with zero attached hydrogens (tertiary/aromatic N) is 2. The lowest BCUT2D eigenvalue weighted by atomic mass is 9.99. The molecular weight excluding hydrogens is 246 g/mol. The van der Waals surface area contributed by atoms with Crippen LogP contribution in [0.5, 0.6) is 0 Å². The molecule has 1 aromatic carbocycles. The highest BCUT2D eigenvalue weighted by Crippen LogP contribution is 2.26. The molecule has 2 atom stereocenters. The fraction of sp³-hybridized carbons (Fsp3) is 0.588. The van der Waals surface area contributed by atoms with Crippen molar-refractivity contribution in [2.75, 3.05) is 13.1 Å². The van der Waals surface area contributed by atoms with Crippen molar-refractivity contribution in [2.45, 2.75) is 46.1 Å². The van der Waals surface area contributed by atoms with Gasteiger partial charge in [0.05, 0.1) is 17.1 Å². The van der Waals surface area contributed by atoms with Crippen molar-refractivity contribution in [2.24, 2.45) is 5.92 Å². The first kappa shape index (κ1) is 13.6. The number of aromatic amines is 1. The van der Waals surface area contributed by atoms with Crippen LogP contribution in [0.15, 0.2) is 18.2 Å². The van der Waals surface area contributed by atoms with Gasteiger partial charge in [0, 0.05) is 6.54 Å². The molecule has 0 aliphatic carbocycles. The Labute approximate surface area is 121 Å². The molecule has 0 spiro atoms. The van der Waals surface area contributed by atoms with Gasteiger partial charge < -0.3 is 4.98 Å². The van der Waals surface area contributed by atoms with Crippen molar-refractivity contribution in [3.8, 4) is 0 Å². The summed E-state index contributed by atoms with van der Waals surface area (Å²) in [6, 6.07) is 6.94. The zero-order chi connectivity index (χ0) is 14.1. The molecule has 1 aromatic heterocycles. The highest BCUT2D eigenvalue weighted by molar-refractivity contribution is 5.76. The monoisotopic (exact) mass is 271 g/mol. The third kappa shape index (κ3) is 2.59. The van der Waals surface area contributed by atoms with E-state index in [4.69, 9.17) is 4.98 Å². The number of rotatable bonds is 3. The molecule has 3 heteroatoms. The number of benzene rings is 1. The van der Waals surface area contributed by atoms with Crippen molar-refractivity contribution in [1.29, 1.82) is 0 Å². The first-order valence-corrected chi connectivity index (χ1v) is 7.90. The summed E-state index contributed by atoms with van der Waals surface area (Å²) in [5.74, 6) is 1.92. The fourth-order valence-corrected chi connectivity index (χ4v) is 3.24. The largest absolute Gasteiger partial charge is 0.341 e. The smallest absolute Gasteiger partial charge is 0.124 e. The van der Waals surface area contributed by atoms with Crippen molar-refractivity contribution in [1.82, 2.24) is 14.9 Å². The molecule has 20 heavy (non-hydrogen) atoms. The van der Waals surface area contributed by atoms with Gasteiger partial charge in [0.1, 0.15) is 5.82 Å². The Bertz CT molecular complexity index is 587. The number of imidazole rings is 1. The average molecular weight is 271 g/mol. The molecule has 1 N–H and O–H groups in total. The number of piperidine rings is 1. The van der Waals surface area contributed by atoms with Crippen LogP contribution in [0.2, 0.25) is 0 Å². The van der Waals surface area contributed by atoms with Gasteiger partial charge in [0.2, 0.25) is 0 Å². The normalized spacial score (nSPS) is 22.2. The number of nitrogens with one attached hydrogen (secondary N) is 1. The summed E-state index contributed by atoms with van der Waals surface area (Å²) in [6.07, 6.45) is 3.75. The summed E-state index contributed by atoms with van der Waals surface area (Å²) in [5.41, 5.74) is 3.64. The van der Waals surface area contributed by atoms with Crippen molar-refractivity contribution < 1.29 is 0 Å². The summed E-state index contributed by atoms with van der Waals surface area (Å²) in [6.45, 7) is 9.21. The quantitative estimate of drug-likeness (QED) is 0.917. The molecule has 1 saturated heterocycles. The number of aryl methyl sites for hydroxylation is 1. The lowest BCUT2D eigenvalue weighted by Gasteiger charge is -2.34. The van der Waals surface area contributed by atoms with E-state index in [2.05, 4.69) is 48.9 Å². The molecule has 0 amide bonds. The second kappa shape index (κ2) is 5.57. The van der Waals surface area contributed by atoms with Crippen LogP contribution in [0.3, 0.4) is 0 Å². The van der Waals surface area contributed by atoms with Crippen LogP contribution in [0.1, 0.15) is 51.0 Å². The van der Waals surface area contributed by atoms with Crippen molar-refractivity contribution >= 4 is 11.0 Å². The van der Waals surface area contributed by atoms with E-state index in [0.717, 1.165) is 23.7 Å². The second-order valence-electron chi connectivity index (χ2n) is 6.25. The Balaban J connectivity index is 1.85. The summed E-state index contributed by atoms with van der Waals surface area (Å²) >= 11 is 0. The van der Waals surface area contributed by atoms with E-state index < -0.39 is 0 Å². The fourth-order valence-electron chi connectivity index (χ4n) is 3.24. The van der Waals surface area contributed by atoms with Gasteiger partial charge in [0.25, 0.3) is 0 Å². The molecule has 2 unspecified atom stereocenters. The summed E-state index contributed by atoms with van der Waals surface area (Å²) in [5, 5.41) is 0. The van der Waals surface area contributed by atoms with Gasteiger partial charge in [-0.15, -0.1) is 0 Å². The van der Waals surface area contributed by atoms with E-state index >= 15 is 0 Å². The van der Waals surface area contributed by atoms with E-state index in [0.29, 0.717) is 6.04 Å². The maximum absolute atomic E-state index is 4.79. The summed E-state index contributed by atoms with van der Waals surface area (Å²) in [7, 11) is 0. The third-order valence-corrected chi connectivity index (χ3v) is 4.60. The van der Waals surface area contributed by atoms with Gasteiger partial charge >= 0.3 is 0 Å². The van der Waals surface area contributed by atoms with E-state index in [9.17, 15) is 0 Å². The molecular formula is C17H25N3. The minimum Gasteiger partial charge on any atom is -0.341 e. The maximum Gasteiger partial charge on any atom is 0.124 e. The van der Waals surface area contributed by atoms with Crippen LogP contribution in [0.4, 0.5) is 0 Å². The Morgan fingerprint density at radius 3 is 3.05 bits per heavy atom. The first-order chi connectivity index (χ1) is 9.67. The topological polar surface area (TPSA) is 31.9 Å².